The van der Waals surface area contributed by atoms with Gasteiger partial charge in [0.15, 0.2) is 0 Å². The maximum absolute atomic E-state index is 13.2. The van der Waals surface area contributed by atoms with E-state index in [1.54, 1.807) is 0 Å². The van der Waals surface area contributed by atoms with Crippen LogP contribution in [0.1, 0.15) is 25.7 Å². The van der Waals surface area contributed by atoms with Crippen molar-refractivity contribution in [1.82, 2.24) is 4.90 Å². The molecule has 3 rings (SSSR count). The number of anilines is 1. The van der Waals surface area contributed by atoms with Crippen molar-refractivity contribution in [2.24, 2.45) is 11.8 Å². The summed E-state index contributed by atoms with van der Waals surface area (Å²) in [5.41, 5.74) is 0.292. The van der Waals surface area contributed by atoms with E-state index in [1.165, 1.54) is 19.2 Å². The zero-order chi connectivity index (χ0) is 17.3. The Hall–Kier alpha value is -2.44. The zero-order valence-corrected chi connectivity index (χ0v) is 13.4. The van der Waals surface area contributed by atoms with Crippen LogP contribution >= 0.6 is 0 Å². The normalized spacial score (nSPS) is 23.2. The van der Waals surface area contributed by atoms with Crippen LogP contribution in [0, 0.1) is 17.7 Å². The van der Waals surface area contributed by atoms with Crippen molar-refractivity contribution in [3.05, 3.63) is 24.0 Å². The molecular weight excluding hydrogens is 315 g/mol. The van der Waals surface area contributed by atoms with Gasteiger partial charge in [0, 0.05) is 6.07 Å². The van der Waals surface area contributed by atoms with Gasteiger partial charge in [0.25, 0.3) is 0 Å². The largest absolute Gasteiger partial charge is 0.494 e. The summed E-state index contributed by atoms with van der Waals surface area (Å²) in [7, 11) is 1.36. The molecule has 1 aromatic rings. The lowest BCUT2D eigenvalue weighted by molar-refractivity contribution is -0.142. The lowest BCUT2D eigenvalue weighted by atomic mass is 9.81. The molecule has 0 aromatic heterocycles. The Morgan fingerprint density at radius 3 is 2.46 bits per heavy atom. The van der Waals surface area contributed by atoms with Gasteiger partial charge in [0.1, 0.15) is 18.1 Å². The molecule has 128 valence electrons. The smallest absolute Gasteiger partial charge is 0.244 e. The summed E-state index contributed by atoms with van der Waals surface area (Å²) >= 11 is 0. The number of likely N-dealkylation sites (tertiary alicyclic amines) is 1. The number of imide groups is 1. The fraction of sp³-hybridized carbons (Fsp3) is 0.471. The van der Waals surface area contributed by atoms with E-state index in [1.807, 2.05) is 0 Å². The van der Waals surface area contributed by atoms with E-state index in [9.17, 15) is 18.8 Å². The number of benzene rings is 1. The number of carbonyl (C=O) groups is 3. The number of fused-ring (bicyclic) bond motifs is 1. The quantitative estimate of drug-likeness (QED) is 0.854. The van der Waals surface area contributed by atoms with Crippen molar-refractivity contribution >= 4 is 23.4 Å². The van der Waals surface area contributed by atoms with E-state index in [0.29, 0.717) is 18.5 Å². The van der Waals surface area contributed by atoms with Gasteiger partial charge in [0.05, 0.1) is 24.6 Å². The van der Waals surface area contributed by atoms with E-state index in [-0.39, 0.29) is 35.9 Å². The van der Waals surface area contributed by atoms with E-state index >= 15 is 0 Å². The lowest BCUT2D eigenvalue weighted by Gasteiger charge is -2.19. The molecule has 2 atom stereocenters. The summed E-state index contributed by atoms with van der Waals surface area (Å²) in [6.07, 6.45) is 3.29. The number of nitrogens with zero attached hydrogens (tertiary/aromatic N) is 1. The molecular formula is C17H19FN2O4. The second kappa shape index (κ2) is 6.59. The van der Waals surface area contributed by atoms with Crippen molar-refractivity contribution in [2.45, 2.75) is 25.7 Å². The number of hydrogen-bond donors (Lipinski definition) is 1. The highest BCUT2D eigenvalue weighted by Crippen LogP contribution is 2.37. The molecule has 0 bridgehead atoms. The van der Waals surface area contributed by atoms with Crippen molar-refractivity contribution in [3.63, 3.8) is 0 Å². The number of amides is 3. The first-order chi connectivity index (χ1) is 11.5. The molecule has 6 nitrogen and oxygen atoms in total. The molecule has 2 aliphatic rings. The maximum atomic E-state index is 13.2. The van der Waals surface area contributed by atoms with Gasteiger partial charge in [-0.3, -0.25) is 19.3 Å². The molecule has 1 aromatic carbocycles. The number of rotatable bonds is 4. The van der Waals surface area contributed by atoms with Gasteiger partial charge >= 0.3 is 0 Å². The molecule has 3 amide bonds. The van der Waals surface area contributed by atoms with Crippen LogP contribution in [0.25, 0.3) is 0 Å². The van der Waals surface area contributed by atoms with Gasteiger partial charge in [-0.1, -0.05) is 12.8 Å². The third kappa shape index (κ3) is 2.98. The number of nitrogens with one attached hydrogen (secondary N) is 1. The predicted molar refractivity (Wildman–Crippen MR) is 83.7 cm³/mol. The molecule has 1 saturated heterocycles. The maximum Gasteiger partial charge on any atom is 0.244 e. The van der Waals surface area contributed by atoms with E-state index in [4.69, 9.17) is 4.74 Å². The molecule has 1 aliphatic heterocycles. The molecule has 24 heavy (non-hydrogen) atoms. The first kappa shape index (κ1) is 16.4. The Morgan fingerprint density at radius 2 is 1.88 bits per heavy atom. The van der Waals surface area contributed by atoms with Crippen LogP contribution in [0.5, 0.6) is 5.75 Å². The van der Waals surface area contributed by atoms with Gasteiger partial charge in [-0.05, 0) is 25.0 Å². The SMILES string of the molecule is COc1cc(F)ccc1NC(=O)CN1C(=O)[C@H]2CCCC[C@H]2C1=O. The summed E-state index contributed by atoms with van der Waals surface area (Å²) in [6, 6.07) is 3.72. The van der Waals surface area contributed by atoms with Crippen LogP contribution in [0.3, 0.4) is 0 Å². The third-order valence-corrected chi connectivity index (χ3v) is 4.67. The summed E-state index contributed by atoms with van der Waals surface area (Å²) in [5.74, 6) is -1.90. The third-order valence-electron chi connectivity index (χ3n) is 4.67. The van der Waals surface area contributed by atoms with Crippen LogP contribution in [-0.4, -0.2) is 36.3 Å². The first-order valence-corrected chi connectivity index (χ1v) is 8.00. The Bertz CT molecular complexity index is 667. The molecule has 1 N–H and O–H groups in total. The molecule has 0 radical (unpaired) electrons. The average Bonchev–Trinajstić information content (AvgIpc) is 2.82. The van der Waals surface area contributed by atoms with E-state index in [0.717, 1.165) is 23.8 Å². The van der Waals surface area contributed by atoms with Gasteiger partial charge in [-0.2, -0.15) is 0 Å². The van der Waals surface area contributed by atoms with Gasteiger partial charge < -0.3 is 10.1 Å². The fourth-order valence-electron chi connectivity index (χ4n) is 3.49. The van der Waals surface area contributed by atoms with Crippen molar-refractivity contribution in [2.75, 3.05) is 19.0 Å². The van der Waals surface area contributed by atoms with Gasteiger partial charge in [-0.25, -0.2) is 4.39 Å². The monoisotopic (exact) mass is 334 g/mol. The molecule has 0 spiro atoms. The minimum Gasteiger partial charge on any atom is -0.494 e. The summed E-state index contributed by atoms with van der Waals surface area (Å²) in [4.78, 5) is 38.0. The standard InChI is InChI=1S/C17H19FN2O4/c1-24-14-8-10(18)6-7-13(14)19-15(21)9-20-16(22)11-4-2-3-5-12(11)17(20)23/h6-8,11-12H,2-5,9H2,1H3,(H,19,21)/t11-,12+. The number of methoxy groups -OCH3 is 1. The van der Waals surface area contributed by atoms with Gasteiger partial charge in [0.2, 0.25) is 17.7 Å². The highest BCUT2D eigenvalue weighted by molar-refractivity contribution is 6.08. The zero-order valence-electron chi connectivity index (χ0n) is 13.4. The highest BCUT2D eigenvalue weighted by Gasteiger charge is 2.48. The Kier molecular flexibility index (Phi) is 4.51. The highest BCUT2D eigenvalue weighted by atomic mass is 19.1. The molecule has 2 fully saturated rings. The van der Waals surface area contributed by atoms with Crippen molar-refractivity contribution in [3.8, 4) is 5.75 Å². The van der Waals surface area contributed by atoms with Crippen molar-refractivity contribution < 1.29 is 23.5 Å². The number of hydrogen-bond acceptors (Lipinski definition) is 4. The van der Waals surface area contributed by atoms with Crippen LogP contribution in [0.4, 0.5) is 10.1 Å². The first-order valence-electron chi connectivity index (χ1n) is 8.00. The van der Waals surface area contributed by atoms with E-state index < -0.39 is 11.7 Å². The topological polar surface area (TPSA) is 75.7 Å². The average molecular weight is 334 g/mol. The van der Waals surface area contributed by atoms with E-state index in [2.05, 4.69) is 5.32 Å². The number of halogens is 1. The Morgan fingerprint density at radius 1 is 1.25 bits per heavy atom. The minimum absolute atomic E-state index is 0.177. The van der Waals surface area contributed by atoms with Gasteiger partial charge in [-0.15, -0.1) is 0 Å². The van der Waals surface area contributed by atoms with Crippen LogP contribution < -0.4 is 10.1 Å². The summed E-state index contributed by atoms with van der Waals surface area (Å²) in [5, 5.41) is 2.56. The Labute approximate surface area is 139 Å². The van der Waals surface area contributed by atoms with Crippen LogP contribution in [0.15, 0.2) is 18.2 Å². The number of ether oxygens (including phenoxy) is 1. The summed E-state index contributed by atoms with van der Waals surface area (Å²) in [6.45, 7) is -0.328. The molecule has 1 saturated carbocycles. The fourth-order valence-corrected chi connectivity index (χ4v) is 3.49. The second-order valence-electron chi connectivity index (χ2n) is 6.15. The molecule has 1 aliphatic carbocycles. The number of carbonyl (C=O) groups excluding carboxylic acids is 3. The summed E-state index contributed by atoms with van der Waals surface area (Å²) < 4.78 is 18.2. The van der Waals surface area contributed by atoms with Crippen LogP contribution in [0.2, 0.25) is 0 Å². The predicted octanol–water partition coefficient (Wildman–Crippen LogP) is 1.95. The second-order valence-corrected chi connectivity index (χ2v) is 6.15. The molecule has 0 unspecified atom stereocenters. The van der Waals surface area contributed by atoms with Crippen LogP contribution in [-0.2, 0) is 14.4 Å². The molecule has 7 heteroatoms. The molecule has 1 heterocycles. The minimum atomic E-state index is -0.514. The Balaban J connectivity index is 1.69. The lowest BCUT2D eigenvalue weighted by Crippen LogP contribution is -2.38. The van der Waals surface area contributed by atoms with Crippen molar-refractivity contribution in [1.29, 1.82) is 0 Å².